The van der Waals surface area contributed by atoms with Crippen molar-refractivity contribution in [2.45, 2.75) is 19.9 Å². The molecule has 0 saturated carbocycles. The van der Waals surface area contributed by atoms with Gasteiger partial charge in [0.2, 0.25) is 0 Å². The second-order valence-corrected chi connectivity index (χ2v) is 5.19. The van der Waals surface area contributed by atoms with Gasteiger partial charge in [0.1, 0.15) is 5.82 Å². The predicted octanol–water partition coefficient (Wildman–Crippen LogP) is 3.15. The van der Waals surface area contributed by atoms with Crippen LogP contribution in [-0.4, -0.2) is 15.3 Å². The van der Waals surface area contributed by atoms with Crippen LogP contribution < -0.4 is 0 Å². The van der Waals surface area contributed by atoms with Crippen molar-refractivity contribution in [3.05, 3.63) is 39.0 Å². The topological polar surface area (TPSA) is 34.9 Å². The first-order valence-corrected chi connectivity index (χ1v) is 6.65. The summed E-state index contributed by atoms with van der Waals surface area (Å²) in [5.74, 6) is 0.952. The molecule has 2 heterocycles. The van der Waals surface area contributed by atoms with Crippen LogP contribution in [0.4, 0.5) is 0 Å². The zero-order valence-corrected chi connectivity index (χ0v) is 11.2. The molecule has 5 heteroatoms. The van der Waals surface area contributed by atoms with Crippen molar-refractivity contribution in [1.82, 2.24) is 9.55 Å². The molecule has 0 N–H and O–H groups in total. The van der Waals surface area contributed by atoms with Gasteiger partial charge in [-0.05, 0) is 28.9 Å². The molecule has 0 spiro atoms. The van der Waals surface area contributed by atoms with Crippen LogP contribution in [0.5, 0.6) is 0 Å². The third-order valence-corrected chi connectivity index (χ3v) is 4.04. The summed E-state index contributed by atoms with van der Waals surface area (Å²) in [7, 11) is 0. The van der Waals surface area contributed by atoms with Crippen LogP contribution >= 0.6 is 27.3 Å². The number of Topliss-reactive ketones (excluding diaryl/α,β-unsaturated/α-hetero) is 1. The summed E-state index contributed by atoms with van der Waals surface area (Å²) in [4.78, 5) is 16.9. The maximum Gasteiger partial charge on any atom is 0.180 e. The van der Waals surface area contributed by atoms with Crippen LogP contribution in [0.25, 0.3) is 0 Å². The lowest BCUT2D eigenvalue weighted by Crippen LogP contribution is -2.08. The number of carbonyl (C=O) groups excluding carboxylic acids is 1. The van der Waals surface area contributed by atoms with Crippen molar-refractivity contribution in [2.75, 3.05) is 0 Å². The van der Waals surface area contributed by atoms with Crippen molar-refractivity contribution in [2.24, 2.45) is 0 Å². The molecule has 0 radical (unpaired) electrons. The van der Waals surface area contributed by atoms with Gasteiger partial charge in [-0.25, -0.2) is 4.98 Å². The first-order chi connectivity index (χ1) is 7.70. The summed E-state index contributed by atoms with van der Waals surface area (Å²) < 4.78 is 2.94. The number of aromatic nitrogens is 2. The summed E-state index contributed by atoms with van der Waals surface area (Å²) >= 11 is 4.80. The molecule has 0 fully saturated rings. The minimum absolute atomic E-state index is 0.122. The largest absolute Gasteiger partial charge is 0.335 e. The molecule has 0 unspecified atom stereocenters. The monoisotopic (exact) mass is 298 g/mol. The lowest BCUT2D eigenvalue weighted by atomic mass is 10.2. The van der Waals surface area contributed by atoms with Gasteiger partial charge >= 0.3 is 0 Å². The normalized spacial score (nSPS) is 10.6. The van der Waals surface area contributed by atoms with Gasteiger partial charge in [-0.2, -0.15) is 0 Å². The Labute approximate surface area is 106 Å². The van der Waals surface area contributed by atoms with Crippen molar-refractivity contribution in [3.8, 4) is 0 Å². The quantitative estimate of drug-likeness (QED) is 0.813. The SMILES string of the molecule is CCn1ccnc1CC(=O)c1cc(Br)cs1. The Hall–Kier alpha value is -0.940. The van der Waals surface area contributed by atoms with E-state index in [-0.39, 0.29) is 5.78 Å². The second-order valence-electron chi connectivity index (χ2n) is 3.36. The fourth-order valence-corrected chi connectivity index (χ4v) is 2.85. The minimum atomic E-state index is 0.122. The van der Waals surface area contributed by atoms with Crippen LogP contribution in [0, 0.1) is 0 Å². The molecule has 3 nitrogen and oxygen atoms in total. The molecule has 0 atom stereocenters. The van der Waals surface area contributed by atoms with E-state index in [4.69, 9.17) is 0 Å². The van der Waals surface area contributed by atoms with E-state index in [0.717, 1.165) is 21.7 Å². The third-order valence-electron chi connectivity index (χ3n) is 2.30. The molecule has 84 valence electrons. The molecular formula is C11H11BrN2OS. The lowest BCUT2D eigenvalue weighted by molar-refractivity contribution is 0.0993. The molecule has 2 rings (SSSR count). The van der Waals surface area contributed by atoms with Gasteiger partial charge in [-0.1, -0.05) is 0 Å². The zero-order chi connectivity index (χ0) is 11.5. The molecular weight excluding hydrogens is 288 g/mol. The maximum absolute atomic E-state index is 11.9. The Morgan fingerprint density at radius 2 is 2.44 bits per heavy atom. The molecule has 0 aliphatic heterocycles. The van der Waals surface area contributed by atoms with E-state index in [1.54, 1.807) is 6.20 Å². The average molecular weight is 299 g/mol. The van der Waals surface area contributed by atoms with E-state index in [0.29, 0.717) is 6.42 Å². The zero-order valence-electron chi connectivity index (χ0n) is 8.81. The molecule has 2 aromatic heterocycles. The van der Waals surface area contributed by atoms with E-state index in [2.05, 4.69) is 20.9 Å². The fraction of sp³-hybridized carbons (Fsp3) is 0.273. The van der Waals surface area contributed by atoms with Gasteiger partial charge in [0, 0.05) is 28.8 Å². The maximum atomic E-state index is 11.9. The Morgan fingerprint density at radius 3 is 3.06 bits per heavy atom. The smallest absolute Gasteiger partial charge is 0.180 e. The van der Waals surface area contributed by atoms with E-state index >= 15 is 0 Å². The fourth-order valence-electron chi connectivity index (χ4n) is 1.49. The van der Waals surface area contributed by atoms with E-state index in [1.807, 2.05) is 29.1 Å². The first-order valence-electron chi connectivity index (χ1n) is 4.98. The first kappa shape index (κ1) is 11.5. The highest BCUT2D eigenvalue weighted by atomic mass is 79.9. The van der Waals surface area contributed by atoms with Gasteiger partial charge in [0.05, 0.1) is 11.3 Å². The molecule has 0 bridgehead atoms. The molecule has 0 aliphatic carbocycles. The van der Waals surface area contributed by atoms with Gasteiger partial charge in [0.15, 0.2) is 5.78 Å². The van der Waals surface area contributed by atoms with Crippen molar-refractivity contribution >= 4 is 33.0 Å². The standard InChI is InChI=1S/C11H11BrN2OS/c1-2-14-4-3-13-11(14)6-9(15)10-5-8(12)7-16-10/h3-5,7H,2,6H2,1H3. The second kappa shape index (κ2) is 4.93. The Morgan fingerprint density at radius 1 is 1.62 bits per heavy atom. The highest BCUT2D eigenvalue weighted by molar-refractivity contribution is 9.10. The molecule has 0 saturated heterocycles. The van der Waals surface area contributed by atoms with Crippen LogP contribution in [0.1, 0.15) is 22.4 Å². The number of thiophene rings is 1. The van der Waals surface area contributed by atoms with Gasteiger partial charge in [0.25, 0.3) is 0 Å². The van der Waals surface area contributed by atoms with Crippen molar-refractivity contribution in [1.29, 1.82) is 0 Å². The number of aryl methyl sites for hydroxylation is 1. The number of carbonyl (C=O) groups is 1. The Kier molecular flexibility index (Phi) is 3.56. The Balaban J connectivity index is 2.13. The van der Waals surface area contributed by atoms with Crippen LogP contribution in [0.3, 0.4) is 0 Å². The van der Waals surface area contributed by atoms with Crippen LogP contribution in [0.15, 0.2) is 28.3 Å². The average Bonchev–Trinajstić information content (AvgIpc) is 2.86. The van der Waals surface area contributed by atoms with Crippen LogP contribution in [-0.2, 0) is 13.0 Å². The van der Waals surface area contributed by atoms with E-state index in [1.165, 1.54) is 11.3 Å². The number of ketones is 1. The van der Waals surface area contributed by atoms with Crippen LogP contribution in [0.2, 0.25) is 0 Å². The Bertz CT molecular complexity index is 504. The number of rotatable bonds is 4. The summed E-state index contributed by atoms with van der Waals surface area (Å²) in [5, 5.41) is 1.92. The molecule has 2 aromatic rings. The summed E-state index contributed by atoms with van der Waals surface area (Å²) in [5.41, 5.74) is 0. The van der Waals surface area contributed by atoms with Crippen molar-refractivity contribution in [3.63, 3.8) is 0 Å². The number of nitrogens with zero attached hydrogens (tertiary/aromatic N) is 2. The molecule has 0 aromatic carbocycles. The number of imidazole rings is 1. The van der Waals surface area contributed by atoms with Gasteiger partial charge in [-0.15, -0.1) is 11.3 Å². The highest BCUT2D eigenvalue weighted by Crippen LogP contribution is 2.21. The minimum Gasteiger partial charge on any atom is -0.335 e. The molecule has 0 aliphatic rings. The van der Waals surface area contributed by atoms with E-state index < -0.39 is 0 Å². The van der Waals surface area contributed by atoms with Gasteiger partial charge < -0.3 is 4.57 Å². The highest BCUT2D eigenvalue weighted by Gasteiger charge is 2.12. The molecule has 0 amide bonds. The third kappa shape index (κ3) is 2.41. The lowest BCUT2D eigenvalue weighted by Gasteiger charge is -2.02. The number of hydrogen-bond donors (Lipinski definition) is 0. The summed E-state index contributed by atoms with van der Waals surface area (Å²) in [6.07, 6.45) is 4.00. The van der Waals surface area contributed by atoms with Crippen molar-refractivity contribution < 1.29 is 4.79 Å². The number of halogens is 1. The summed E-state index contributed by atoms with van der Waals surface area (Å²) in [6.45, 7) is 2.88. The predicted molar refractivity (Wildman–Crippen MR) is 68.0 cm³/mol. The summed E-state index contributed by atoms with van der Waals surface area (Å²) in [6, 6.07) is 1.85. The number of hydrogen-bond acceptors (Lipinski definition) is 3. The van der Waals surface area contributed by atoms with Gasteiger partial charge in [-0.3, -0.25) is 4.79 Å². The molecule has 16 heavy (non-hydrogen) atoms. The van der Waals surface area contributed by atoms with E-state index in [9.17, 15) is 4.79 Å².